The van der Waals surface area contributed by atoms with Gasteiger partial charge in [-0.3, -0.25) is 9.59 Å². The lowest BCUT2D eigenvalue weighted by molar-refractivity contribution is -0.137. The molecular weight excluding hydrogens is 266 g/mol. The van der Waals surface area contributed by atoms with Crippen LogP contribution in [-0.4, -0.2) is 35.0 Å². The molecule has 21 heavy (non-hydrogen) atoms. The second kappa shape index (κ2) is 5.88. The van der Waals surface area contributed by atoms with E-state index in [1.165, 1.54) is 11.1 Å². The highest BCUT2D eigenvalue weighted by Crippen LogP contribution is 2.31. The summed E-state index contributed by atoms with van der Waals surface area (Å²) >= 11 is 0. The molecule has 3 rings (SSSR count). The van der Waals surface area contributed by atoms with Gasteiger partial charge in [0, 0.05) is 18.7 Å². The van der Waals surface area contributed by atoms with Crippen LogP contribution in [0.4, 0.5) is 0 Å². The summed E-state index contributed by atoms with van der Waals surface area (Å²) in [6.45, 7) is 1.02. The van der Waals surface area contributed by atoms with Crippen molar-refractivity contribution in [2.45, 2.75) is 38.5 Å². The Hall–Kier alpha value is -1.84. The van der Waals surface area contributed by atoms with E-state index in [4.69, 9.17) is 5.11 Å². The highest BCUT2D eigenvalue weighted by atomic mass is 16.4. The van der Waals surface area contributed by atoms with Crippen LogP contribution in [0.1, 0.15) is 47.2 Å². The molecule has 0 heterocycles. The van der Waals surface area contributed by atoms with Gasteiger partial charge in [-0.1, -0.05) is 12.1 Å². The van der Waals surface area contributed by atoms with Gasteiger partial charge >= 0.3 is 5.97 Å². The van der Waals surface area contributed by atoms with Crippen molar-refractivity contribution in [2.24, 2.45) is 5.92 Å². The molecule has 0 radical (unpaired) electrons. The fourth-order valence-electron chi connectivity index (χ4n) is 3.11. The van der Waals surface area contributed by atoms with E-state index in [0.29, 0.717) is 19.0 Å². The van der Waals surface area contributed by atoms with Crippen molar-refractivity contribution in [1.29, 1.82) is 0 Å². The highest BCUT2D eigenvalue weighted by Gasteiger charge is 2.29. The topological polar surface area (TPSA) is 57.6 Å². The van der Waals surface area contributed by atoms with E-state index in [1.54, 1.807) is 4.90 Å². The van der Waals surface area contributed by atoms with Crippen molar-refractivity contribution in [2.75, 3.05) is 13.1 Å². The Kier molecular flexibility index (Phi) is 3.95. The molecule has 0 spiro atoms. The Bertz CT molecular complexity index is 563. The average Bonchev–Trinajstić information content (AvgIpc) is 3.15. The van der Waals surface area contributed by atoms with Gasteiger partial charge in [-0.2, -0.15) is 0 Å². The molecule has 1 N–H and O–H groups in total. The van der Waals surface area contributed by atoms with Gasteiger partial charge in [0.15, 0.2) is 0 Å². The highest BCUT2D eigenvalue weighted by molar-refractivity contribution is 5.96. The summed E-state index contributed by atoms with van der Waals surface area (Å²) in [6.07, 6.45) is 5.46. The minimum Gasteiger partial charge on any atom is -0.481 e. The molecule has 1 fully saturated rings. The number of amides is 1. The first-order chi connectivity index (χ1) is 10.1. The molecule has 1 saturated carbocycles. The maximum Gasteiger partial charge on any atom is 0.305 e. The van der Waals surface area contributed by atoms with Crippen LogP contribution in [0, 0.1) is 5.92 Å². The van der Waals surface area contributed by atoms with Crippen molar-refractivity contribution in [3.8, 4) is 0 Å². The molecule has 1 aromatic rings. The molecule has 0 unspecified atom stereocenters. The number of carbonyl (C=O) groups excluding carboxylic acids is 1. The fourth-order valence-corrected chi connectivity index (χ4v) is 3.11. The van der Waals surface area contributed by atoms with Crippen molar-refractivity contribution in [3.05, 3.63) is 34.9 Å². The second-order valence-electron chi connectivity index (χ2n) is 6.14. The zero-order chi connectivity index (χ0) is 14.8. The van der Waals surface area contributed by atoms with Gasteiger partial charge < -0.3 is 10.0 Å². The molecule has 0 bridgehead atoms. The molecule has 112 valence electrons. The maximum absolute atomic E-state index is 12.8. The fraction of sp³-hybridized carbons (Fsp3) is 0.529. The Morgan fingerprint density at radius 3 is 2.76 bits per heavy atom. The third kappa shape index (κ3) is 3.26. The SMILES string of the molecule is O=C(O)CCN(CC1CC1)C(=O)c1cccc2c1CCC2. The van der Waals surface area contributed by atoms with Gasteiger partial charge in [-0.05, 0) is 55.2 Å². The molecular formula is C17H21NO3. The third-order valence-corrected chi connectivity index (χ3v) is 4.43. The molecule has 0 saturated heterocycles. The van der Waals surface area contributed by atoms with E-state index in [9.17, 15) is 9.59 Å². The largest absolute Gasteiger partial charge is 0.481 e. The van der Waals surface area contributed by atoms with Crippen LogP contribution in [0.15, 0.2) is 18.2 Å². The van der Waals surface area contributed by atoms with E-state index >= 15 is 0 Å². The first-order valence-electron chi connectivity index (χ1n) is 7.77. The number of aliphatic carboxylic acids is 1. The van der Waals surface area contributed by atoms with Crippen molar-refractivity contribution < 1.29 is 14.7 Å². The number of benzene rings is 1. The predicted octanol–water partition coefficient (Wildman–Crippen LogP) is 2.50. The number of fused-ring (bicyclic) bond motifs is 1. The van der Waals surface area contributed by atoms with Crippen LogP contribution < -0.4 is 0 Å². The van der Waals surface area contributed by atoms with Gasteiger partial charge in [-0.15, -0.1) is 0 Å². The summed E-state index contributed by atoms with van der Waals surface area (Å²) in [5, 5.41) is 8.88. The van der Waals surface area contributed by atoms with Crippen LogP contribution in [0.25, 0.3) is 0 Å². The number of carbonyl (C=O) groups is 2. The summed E-state index contributed by atoms with van der Waals surface area (Å²) in [6, 6.07) is 5.94. The van der Waals surface area contributed by atoms with E-state index in [2.05, 4.69) is 6.07 Å². The van der Waals surface area contributed by atoms with E-state index in [0.717, 1.165) is 37.7 Å². The molecule has 2 aliphatic carbocycles. The molecule has 0 atom stereocenters. The zero-order valence-corrected chi connectivity index (χ0v) is 12.2. The average molecular weight is 287 g/mol. The molecule has 1 amide bonds. The lowest BCUT2D eigenvalue weighted by atomic mass is 10.0. The first kappa shape index (κ1) is 14.1. The quantitative estimate of drug-likeness (QED) is 0.874. The standard InChI is InChI=1S/C17H21NO3/c19-16(20)9-10-18(11-12-7-8-12)17(21)15-6-2-4-13-3-1-5-14(13)15/h2,4,6,12H,1,3,5,7-11H2,(H,19,20). The zero-order valence-electron chi connectivity index (χ0n) is 12.2. The number of hydrogen-bond donors (Lipinski definition) is 1. The van der Waals surface area contributed by atoms with Gasteiger partial charge in [0.1, 0.15) is 0 Å². The second-order valence-corrected chi connectivity index (χ2v) is 6.14. The van der Waals surface area contributed by atoms with Crippen LogP contribution in [-0.2, 0) is 17.6 Å². The normalized spacial score (nSPS) is 16.6. The smallest absolute Gasteiger partial charge is 0.305 e. The van der Waals surface area contributed by atoms with Crippen molar-refractivity contribution >= 4 is 11.9 Å². The summed E-state index contributed by atoms with van der Waals surface area (Å²) in [7, 11) is 0. The van der Waals surface area contributed by atoms with Crippen LogP contribution >= 0.6 is 0 Å². The van der Waals surface area contributed by atoms with Crippen LogP contribution in [0.3, 0.4) is 0 Å². The lowest BCUT2D eigenvalue weighted by Gasteiger charge is -2.23. The third-order valence-electron chi connectivity index (χ3n) is 4.43. The van der Waals surface area contributed by atoms with Gasteiger partial charge in [0.2, 0.25) is 0 Å². The minimum atomic E-state index is -0.845. The van der Waals surface area contributed by atoms with E-state index in [-0.39, 0.29) is 12.3 Å². The Balaban J connectivity index is 1.79. The summed E-state index contributed by atoms with van der Waals surface area (Å²) in [5.74, 6) is -0.261. The van der Waals surface area contributed by atoms with Gasteiger partial charge in [0.25, 0.3) is 5.91 Å². The lowest BCUT2D eigenvalue weighted by Crippen LogP contribution is -2.35. The van der Waals surface area contributed by atoms with Crippen molar-refractivity contribution in [1.82, 2.24) is 4.90 Å². The molecule has 0 aromatic heterocycles. The maximum atomic E-state index is 12.8. The molecule has 0 aliphatic heterocycles. The van der Waals surface area contributed by atoms with E-state index < -0.39 is 5.97 Å². The van der Waals surface area contributed by atoms with Crippen LogP contribution in [0.5, 0.6) is 0 Å². The number of rotatable bonds is 6. The van der Waals surface area contributed by atoms with Gasteiger partial charge in [-0.25, -0.2) is 0 Å². The Morgan fingerprint density at radius 1 is 1.24 bits per heavy atom. The molecule has 4 heteroatoms. The van der Waals surface area contributed by atoms with Gasteiger partial charge in [0.05, 0.1) is 6.42 Å². The monoisotopic (exact) mass is 287 g/mol. The summed E-state index contributed by atoms with van der Waals surface area (Å²) in [5.41, 5.74) is 3.25. The van der Waals surface area contributed by atoms with Crippen molar-refractivity contribution in [3.63, 3.8) is 0 Å². The summed E-state index contributed by atoms with van der Waals surface area (Å²) < 4.78 is 0. The number of aryl methyl sites for hydroxylation is 1. The Labute approximate surface area is 124 Å². The minimum absolute atomic E-state index is 0.0156. The predicted molar refractivity (Wildman–Crippen MR) is 79.3 cm³/mol. The first-order valence-corrected chi connectivity index (χ1v) is 7.77. The number of carboxylic acids is 1. The summed E-state index contributed by atoms with van der Waals surface area (Å²) in [4.78, 5) is 25.4. The number of nitrogens with zero attached hydrogens (tertiary/aromatic N) is 1. The molecule has 4 nitrogen and oxygen atoms in total. The van der Waals surface area contributed by atoms with Crippen LogP contribution in [0.2, 0.25) is 0 Å². The molecule has 1 aromatic carbocycles. The number of carboxylic acid groups (broad SMARTS) is 1. The molecule has 2 aliphatic rings. The number of hydrogen-bond acceptors (Lipinski definition) is 2. The van der Waals surface area contributed by atoms with E-state index in [1.807, 2.05) is 12.1 Å². The Morgan fingerprint density at radius 2 is 2.05 bits per heavy atom.